The molecule has 0 aliphatic rings. The van der Waals surface area contributed by atoms with E-state index in [9.17, 15) is 10.2 Å². The number of aliphatic hydroxyl groups is 1. The van der Waals surface area contributed by atoms with Crippen molar-refractivity contribution in [3.8, 4) is 11.5 Å². The van der Waals surface area contributed by atoms with Crippen molar-refractivity contribution >= 4 is 28.3 Å². The van der Waals surface area contributed by atoms with Crippen molar-refractivity contribution < 1.29 is 14.9 Å². The average molecular weight is 355 g/mol. The molecule has 1 aromatic rings. The first-order valence-corrected chi connectivity index (χ1v) is 6.89. The van der Waals surface area contributed by atoms with E-state index in [-0.39, 0.29) is 18.2 Å². The molecule has 2 atom stereocenters. The zero-order valence-electron chi connectivity index (χ0n) is 11.1. The minimum absolute atomic E-state index is 0. The fourth-order valence-electron chi connectivity index (χ4n) is 1.75. The highest BCUT2D eigenvalue weighted by molar-refractivity contribution is 9.10. The Labute approximate surface area is 128 Å². The molecule has 0 radical (unpaired) electrons. The van der Waals surface area contributed by atoms with Crippen LogP contribution in [-0.4, -0.2) is 22.9 Å². The lowest BCUT2D eigenvalue weighted by atomic mass is 9.99. The third-order valence-corrected chi connectivity index (χ3v) is 3.34. The van der Waals surface area contributed by atoms with Crippen molar-refractivity contribution in [2.45, 2.75) is 38.8 Å². The van der Waals surface area contributed by atoms with E-state index < -0.39 is 12.1 Å². The van der Waals surface area contributed by atoms with Gasteiger partial charge in [0.2, 0.25) is 0 Å². The number of rotatable bonds is 6. The number of nitrogens with two attached hydrogens (primary N) is 1. The molecular weight excluding hydrogens is 334 g/mol. The predicted molar refractivity (Wildman–Crippen MR) is 82.1 cm³/mol. The van der Waals surface area contributed by atoms with E-state index in [0.29, 0.717) is 23.2 Å². The Morgan fingerprint density at radius 2 is 2.00 bits per heavy atom. The maximum atomic E-state index is 9.91. The minimum Gasteiger partial charge on any atom is -0.503 e. The summed E-state index contributed by atoms with van der Waals surface area (Å²) in [6, 6.07) is 2.90. The molecular formula is C13H21BrClNO3. The van der Waals surface area contributed by atoms with Crippen molar-refractivity contribution in [3.05, 3.63) is 22.2 Å². The Morgan fingerprint density at radius 1 is 1.37 bits per heavy atom. The number of hydrogen-bond acceptors (Lipinski definition) is 4. The van der Waals surface area contributed by atoms with Crippen molar-refractivity contribution in [2.24, 2.45) is 5.73 Å². The Kier molecular flexibility index (Phi) is 8.41. The Bertz CT molecular complexity index is 404. The molecule has 4 nitrogen and oxygen atoms in total. The van der Waals surface area contributed by atoms with Gasteiger partial charge in [-0.05, 0) is 47.0 Å². The quantitative estimate of drug-likeness (QED) is 0.733. The van der Waals surface area contributed by atoms with Crippen LogP contribution in [-0.2, 0) is 0 Å². The summed E-state index contributed by atoms with van der Waals surface area (Å²) in [6.45, 7) is 4.29. The number of aliphatic hydroxyl groups excluding tert-OH is 1. The highest BCUT2D eigenvalue weighted by Crippen LogP contribution is 2.37. The Hall–Kier alpha value is -0.490. The standard InChI is InChI=1S/C13H20BrNO3.ClH/c1-3-5-10(16)12(15)8-6-9(14)13(17)11(7-8)18-4-2;/h6-7,10,12,16-17H,3-5,15H2,1-2H3;1H/t10-,12+;/m1./s1. The molecule has 0 aliphatic heterocycles. The highest BCUT2D eigenvalue weighted by atomic mass is 79.9. The molecule has 110 valence electrons. The maximum Gasteiger partial charge on any atom is 0.172 e. The van der Waals surface area contributed by atoms with Crippen LogP contribution in [0.25, 0.3) is 0 Å². The van der Waals surface area contributed by atoms with E-state index in [2.05, 4.69) is 15.9 Å². The number of halogens is 2. The molecule has 1 rings (SSSR count). The average Bonchev–Trinajstić information content (AvgIpc) is 2.34. The number of hydrogen-bond donors (Lipinski definition) is 3. The molecule has 0 fully saturated rings. The summed E-state index contributed by atoms with van der Waals surface area (Å²) in [7, 11) is 0. The summed E-state index contributed by atoms with van der Waals surface area (Å²) in [5.74, 6) is 0.429. The first kappa shape index (κ1) is 18.5. The summed E-state index contributed by atoms with van der Waals surface area (Å²) in [4.78, 5) is 0. The van der Waals surface area contributed by atoms with E-state index >= 15 is 0 Å². The topological polar surface area (TPSA) is 75.7 Å². The van der Waals surface area contributed by atoms with Crippen LogP contribution in [0.1, 0.15) is 38.3 Å². The fourth-order valence-corrected chi connectivity index (χ4v) is 2.21. The van der Waals surface area contributed by atoms with E-state index in [1.165, 1.54) is 0 Å². The summed E-state index contributed by atoms with van der Waals surface area (Å²) >= 11 is 3.26. The summed E-state index contributed by atoms with van der Waals surface area (Å²) in [5.41, 5.74) is 6.74. The fraction of sp³-hybridized carbons (Fsp3) is 0.538. The van der Waals surface area contributed by atoms with Gasteiger partial charge in [-0.15, -0.1) is 12.4 Å². The summed E-state index contributed by atoms with van der Waals surface area (Å²) in [5, 5.41) is 19.7. The van der Waals surface area contributed by atoms with Gasteiger partial charge in [-0.1, -0.05) is 13.3 Å². The first-order valence-electron chi connectivity index (χ1n) is 6.10. The number of phenols is 1. The van der Waals surface area contributed by atoms with Crippen molar-refractivity contribution in [1.82, 2.24) is 0 Å². The van der Waals surface area contributed by atoms with Crippen LogP contribution in [0.4, 0.5) is 0 Å². The molecule has 0 bridgehead atoms. The second-order valence-electron chi connectivity index (χ2n) is 4.16. The van der Waals surface area contributed by atoms with E-state index in [1.807, 2.05) is 13.8 Å². The third-order valence-electron chi connectivity index (χ3n) is 2.73. The molecule has 0 unspecified atom stereocenters. The van der Waals surface area contributed by atoms with Crippen molar-refractivity contribution in [2.75, 3.05) is 6.61 Å². The van der Waals surface area contributed by atoms with Crippen LogP contribution >= 0.6 is 28.3 Å². The third kappa shape index (κ3) is 4.84. The Morgan fingerprint density at radius 3 is 2.53 bits per heavy atom. The maximum absolute atomic E-state index is 9.91. The summed E-state index contributed by atoms with van der Waals surface area (Å²) < 4.78 is 5.85. The van der Waals surface area contributed by atoms with Gasteiger partial charge in [0.1, 0.15) is 0 Å². The monoisotopic (exact) mass is 353 g/mol. The smallest absolute Gasteiger partial charge is 0.172 e. The van der Waals surface area contributed by atoms with Gasteiger partial charge in [0.25, 0.3) is 0 Å². The minimum atomic E-state index is -0.596. The molecule has 0 aliphatic carbocycles. The van der Waals surface area contributed by atoms with E-state index in [1.54, 1.807) is 12.1 Å². The van der Waals surface area contributed by atoms with Crippen molar-refractivity contribution in [3.63, 3.8) is 0 Å². The predicted octanol–water partition coefficient (Wildman–Crippen LogP) is 3.14. The highest BCUT2D eigenvalue weighted by Gasteiger charge is 2.19. The lowest BCUT2D eigenvalue weighted by Crippen LogP contribution is -2.26. The molecule has 19 heavy (non-hydrogen) atoms. The van der Waals surface area contributed by atoms with Gasteiger partial charge in [0.15, 0.2) is 11.5 Å². The molecule has 0 heterocycles. The van der Waals surface area contributed by atoms with Crippen molar-refractivity contribution in [1.29, 1.82) is 0 Å². The molecule has 4 N–H and O–H groups in total. The molecule has 0 saturated carbocycles. The number of aromatic hydroxyl groups is 1. The second kappa shape index (κ2) is 8.64. The molecule has 0 aromatic heterocycles. The second-order valence-corrected chi connectivity index (χ2v) is 5.02. The molecule has 0 saturated heterocycles. The lowest BCUT2D eigenvalue weighted by molar-refractivity contribution is 0.134. The van der Waals surface area contributed by atoms with Gasteiger partial charge in [-0.25, -0.2) is 0 Å². The van der Waals surface area contributed by atoms with Crippen LogP contribution in [0.5, 0.6) is 11.5 Å². The van der Waals surface area contributed by atoms with E-state index in [4.69, 9.17) is 10.5 Å². The number of benzene rings is 1. The summed E-state index contributed by atoms with van der Waals surface area (Å²) in [6.07, 6.45) is 0.914. The first-order chi connectivity index (χ1) is 8.51. The zero-order chi connectivity index (χ0) is 13.7. The molecule has 0 spiro atoms. The van der Waals surface area contributed by atoms with E-state index in [0.717, 1.165) is 12.0 Å². The van der Waals surface area contributed by atoms with Crippen LogP contribution in [0.2, 0.25) is 0 Å². The van der Waals surface area contributed by atoms with Gasteiger partial charge in [-0.3, -0.25) is 0 Å². The van der Waals surface area contributed by atoms with Crippen LogP contribution in [0.3, 0.4) is 0 Å². The largest absolute Gasteiger partial charge is 0.503 e. The molecule has 6 heteroatoms. The molecule has 1 aromatic carbocycles. The lowest BCUT2D eigenvalue weighted by Gasteiger charge is -2.20. The molecule has 0 amide bonds. The number of ether oxygens (including phenoxy) is 1. The van der Waals surface area contributed by atoms with Gasteiger partial charge in [0.05, 0.1) is 23.2 Å². The SMILES string of the molecule is CCC[C@@H](O)[C@@H](N)c1cc(Br)c(O)c(OCC)c1.Cl. The van der Waals surface area contributed by atoms with Gasteiger partial charge < -0.3 is 20.7 Å². The van der Waals surface area contributed by atoms with Gasteiger partial charge in [0, 0.05) is 0 Å². The number of phenolic OH excluding ortho intramolecular Hbond substituents is 1. The normalized spacial score (nSPS) is 13.5. The van der Waals surface area contributed by atoms with Crippen LogP contribution < -0.4 is 10.5 Å². The Balaban J connectivity index is 0.00000324. The van der Waals surface area contributed by atoms with Crippen LogP contribution in [0, 0.1) is 0 Å². The zero-order valence-corrected chi connectivity index (χ0v) is 13.5. The van der Waals surface area contributed by atoms with Gasteiger partial charge in [-0.2, -0.15) is 0 Å². The van der Waals surface area contributed by atoms with Gasteiger partial charge >= 0.3 is 0 Å². The van der Waals surface area contributed by atoms with Crippen LogP contribution in [0.15, 0.2) is 16.6 Å².